The van der Waals surface area contributed by atoms with Gasteiger partial charge in [-0.15, -0.1) is 0 Å². The van der Waals surface area contributed by atoms with Crippen molar-refractivity contribution in [3.8, 4) is 0 Å². The Morgan fingerprint density at radius 3 is 3.00 bits per heavy atom. The SMILES string of the molecule is OCC[C@H](O)CC1=CCOCC1. The molecule has 70 valence electrons. The van der Waals surface area contributed by atoms with Crippen LogP contribution >= 0.6 is 0 Å². The summed E-state index contributed by atoms with van der Waals surface area (Å²) in [7, 11) is 0. The van der Waals surface area contributed by atoms with Crippen LogP contribution in [0, 0.1) is 0 Å². The summed E-state index contributed by atoms with van der Waals surface area (Å²) in [5, 5.41) is 17.9. The van der Waals surface area contributed by atoms with Crippen molar-refractivity contribution >= 4 is 0 Å². The average molecular weight is 172 g/mol. The fourth-order valence-electron chi connectivity index (χ4n) is 1.30. The summed E-state index contributed by atoms with van der Waals surface area (Å²) in [6.07, 6.45) is 3.70. The van der Waals surface area contributed by atoms with Gasteiger partial charge in [0.15, 0.2) is 0 Å². The Kier molecular flexibility index (Phi) is 4.29. The van der Waals surface area contributed by atoms with Gasteiger partial charge in [0, 0.05) is 6.61 Å². The Morgan fingerprint density at radius 1 is 1.58 bits per heavy atom. The maximum atomic E-state index is 9.36. The molecule has 0 saturated carbocycles. The Bertz CT molecular complexity index is 154. The van der Waals surface area contributed by atoms with Crippen LogP contribution in [0.3, 0.4) is 0 Å². The number of hydrogen-bond acceptors (Lipinski definition) is 3. The molecule has 1 rings (SSSR count). The fourth-order valence-corrected chi connectivity index (χ4v) is 1.30. The quantitative estimate of drug-likeness (QED) is 0.606. The lowest BCUT2D eigenvalue weighted by atomic mass is 10.0. The van der Waals surface area contributed by atoms with E-state index in [9.17, 15) is 5.11 Å². The van der Waals surface area contributed by atoms with Gasteiger partial charge in [0.05, 0.1) is 19.3 Å². The Hall–Kier alpha value is -0.380. The third-order valence-electron chi connectivity index (χ3n) is 2.02. The summed E-state index contributed by atoms with van der Waals surface area (Å²) in [5.41, 5.74) is 1.25. The van der Waals surface area contributed by atoms with Crippen molar-refractivity contribution in [3.63, 3.8) is 0 Å². The molecule has 2 N–H and O–H groups in total. The molecule has 0 unspecified atom stereocenters. The van der Waals surface area contributed by atoms with Crippen molar-refractivity contribution in [1.29, 1.82) is 0 Å². The van der Waals surface area contributed by atoms with Gasteiger partial charge in [0.25, 0.3) is 0 Å². The van der Waals surface area contributed by atoms with Crippen molar-refractivity contribution in [2.24, 2.45) is 0 Å². The highest BCUT2D eigenvalue weighted by Gasteiger charge is 2.09. The van der Waals surface area contributed by atoms with Gasteiger partial charge in [-0.2, -0.15) is 0 Å². The zero-order chi connectivity index (χ0) is 8.81. The Labute approximate surface area is 72.7 Å². The lowest BCUT2D eigenvalue weighted by molar-refractivity contribution is 0.122. The second-order valence-electron chi connectivity index (χ2n) is 3.06. The highest BCUT2D eigenvalue weighted by Crippen LogP contribution is 2.15. The topological polar surface area (TPSA) is 49.7 Å². The molecule has 0 amide bonds. The lowest BCUT2D eigenvalue weighted by Gasteiger charge is -2.16. The molecule has 0 aromatic carbocycles. The first-order valence-electron chi connectivity index (χ1n) is 4.37. The van der Waals surface area contributed by atoms with Crippen molar-refractivity contribution in [3.05, 3.63) is 11.6 Å². The molecule has 3 heteroatoms. The summed E-state index contributed by atoms with van der Waals surface area (Å²) in [5.74, 6) is 0. The highest BCUT2D eigenvalue weighted by molar-refractivity contribution is 5.05. The first-order valence-corrected chi connectivity index (χ1v) is 4.37. The molecule has 1 aliphatic heterocycles. The fraction of sp³-hybridized carbons (Fsp3) is 0.778. The summed E-state index contributed by atoms with van der Waals surface area (Å²) < 4.78 is 5.13. The maximum absolute atomic E-state index is 9.36. The summed E-state index contributed by atoms with van der Waals surface area (Å²) >= 11 is 0. The van der Waals surface area contributed by atoms with E-state index < -0.39 is 0 Å². The van der Waals surface area contributed by atoms with E-state index in [0.29, 0.717) is 19.4 Å². The number of hydrogen-bond donors (Lipinski definition) is 2. The minimum absolute atomic E-state index is 0.0605. The van der Waals surface area contributed by atoms with Crippen LogP contribution in [0.2, 0.25) is 0 Å². The molecular weight excluding hydrogens is 156 g/mol. The third kappa shape index (κ3) is 3.34. The molecule has 1 heterocycles. The molecule has 1 atom stereocenters. The van der Waals surface area contributed by atoms with E-state index in [1.54, 1.807) is 0 Å². The van der Waals surface area contributed by atoms with Gasteiger partial charge in [0.2, 0.25) is 0 Å². The van der Waals surface area contributed by atoms with E-state index in [4.69, 9.17) is 9.84 Å². The van der Waals surface area contributed by atoms with Crippen molar-refractivity contribution in [1.82, 2.24) is 0 Å². The molecule has 12 heavy (non-hydrogen) atoms. The minimum atomic E-state index is -0.389. The molecular formula is C9H16O3. The normalized spacial score (nSPS) is 20.3. The van der Waals surface area contributed by atoms with Crippen molar-refractivity contribution in [2.45, 2.75) is 25.4 Å². The number of aliphatic hydroxyl groups is 2. The maximum Gasteiger partial charge on any atom is 0.0650 e. The van der Waals surface area contributed by atoms with Gasteiger partial charge in [-0.05, 0) is 19.3 Å². The molecule has 3 nitrogen and oxygen atoms in total. The van der Waals surface area contributed by atoms with Crippen molar-refractivity contribution in [2.75, 3.05) is 19.8 Å². The van der Waals surface area contributed by atoms with Crippen LogP contribution in [0.15, 0.2) is 11.6 Å². The Morgan fingerprint density at radius 2 is 2.42 bits per heavy atom. The van der Waals surface area contributed by atoms with Gasteiger partial charge in [0.1, 0.15) is 0 Å². The zero-order valence-electron chi connectivity index (χ0n) is 7.20. The van der Waals surface area contributed by atoms with Crippen LogP contribution < -0.4 is 0 Å². The predicted octanol–water partition coefficient (Wildman–Crippen LogP) is 0.466. The van der Waals surface area contributed by atoms with E-state index in [1.807, 2.05) is 6.08 Å². The molecule has 0 radical (unpaired) electrons. The molecule has 0 aliphatic carbocycles. The largest absolute Gasteiger partial charge is 0.396 e. The zero-order valence-corrected chi connectivity index (χ0v) is 7.20. The molecule has 0 aromatic rings. The van der Waals surface area contributed by atoms with Crippen LogP contribution in [-0.4, -0.2) is 36.1 Å². The third-order valence-corrected chi connectivity index (χ3v) is 2.02. The number of ether oxygens (including phenoxy) is 1. The van der Waals surface area contributed by atoms with Crippen LogP contribution in [-0.2, 0) is 4.74 Å². The Balaban J connectivity index is 2.24. The molecule has 0 bridgehead atoms. The number of aliphatic hydroxyl groups excluding tert-OH is 2. The van der Waals surface area contributed by atoms with Gasteiger partial charge in [-0.1, -0.05) is 11.6 Å². The first-order chi connectivity index (χ1) is 5.83. The number of rotatable bonds is 4. The summed E-state index contributed by atoms with van der Waals surface area (Å²) in [4.78, 5) is 0. The van der Waals surface area contributed by atoms with E-state index >= 15 is 0 Å². The molecule has 0 fully saturated rings. The summed E-state index contributed by atoms with van der Waals surface area (Å²) in [6.45, 7) is 1.49. The van der Waals surface area contributed by atoms with Crippen molar-refractivity contribution < 1.29 is 14.9 Å². The predicted molar refractivity (Wildman–Crippen MR) is 45.8 cm³/mol. The molecule has 1 aliphatic rings. The summed E-state index contributed by atoms with van der Waals surface area (Å²) in [6, 6.07) is 0. The molecule has 0 aromatic heterocycles. The average Bonchev–Trinajstić information content (AvgIpc) is 2.06. The van der Waals surface area contributed by atoms with E-state index in [2.05, 4.69) is 0 Å². The van der Waals surface area contributed by atoms with Crippen LogP contribution in [0.5, 0.6) is 0 Å². The lowest BCUT2D eigenvalue weighted by Crippen LogP contribution is -2.13. The standard InChI is InChI=1S/C9H16O3/c10-4-1-9(11)7-8-2-5-12-6-3-8/h2,9-11H,1,3-7H2/t9-/m0/s1. The van der Waals surface area contributed by atoms with E-state index in [1.165, 1.54) is 5.57 Å². The molecule has 0 spiro atoms. The second-order valence-corrected chi connectivity index (χ2v) is 3.06. The van der Waals surface area contributed by atoms with Crippen LogP contribution in [0.1, 0.15) is 19.3 Å². The minimum Gasteiger partial charge on any atom is -0.396 e. The van der Waals surface area contributed by atoms with E-state index in [-0.39, 0.29) is 12.7 Å². The van der Waals surface area contributed by atoms with Gasteiger partial charge in [-0.3, -0.25) is 0 Å². The monoisotopic (exact) mass is 172 g/mol. The van der Waals surface area contributed by atoms with Crippen LogP contribution in [0.4, 0.5) is 0 Å². The smallest absolute Gasteiger partial charge is 0.0650 e. The van der Waals surface area contributed by atoms with Gasteiger partial charge >= 0.3 is 0 Å². The molecule has 0 saturated heterocycles. The van der Waals surface area contributed by atoms with Crippen LogP contribution in [0.25, 0.3) is 0 Å². The van der Waals surface area contributed by atoms with E-state index in [0.717, 1.165) is 13.0 Å². The van der Waals surface area contributed by atoms with Gasteiger partial charge < -0.3 is 14.9 Å². The first kappa shape index (κ1) is 9.71. The second kappa shape index (κ2) is 5.30. The van der Waals surface area contributed by atoms with Gasteiger partial charge in [-0.25, -0.2) is 0 Å². The highest BCUT2D eigenvalue weighted by atomic mass is 16.5.